The van der Waals surface area contributed by atoms with Crippen molar-refractivity contribution in [2.75, 3.05) is 0 Å². The van der Waals surface area contributed by atoms with E-state index in [0.717, 1.165) is 12.1 Å². The van der Waals surface area contributed by atoms with Crippen molar-refractivity contribution in [1.29, 1.82) is 0 Å². The molecule has 0 radical (unpaired) electrons. The number of thiocarbonyl (C=S) groups is 1. The van der Waals surface area contributed by atoms with Gasteiger partial charge in [0.1, 0.15) is 0 Å². The van der Waals surface area contributed by atoms with E-state index in [-0.39, 0.29) is 5.56 Å². The van der Waals surface area contributed by atoms with Gasteiger partial charge in [0.15, 0.2) is 0 Å². The van der Waals surface area contributed by atoms with Crippen molar-refractivity contribution in [3.8, 4) is 0 Å². The average molecular weight is 211 g/mol. The first kappa shape index (κ1) is 10.8. The molecular formula is C9H13N3OS. The SMILES string of the molecule is Cc1cc(=O)n(CCCC(N)=S)cn1. The molecule has 2 N–H and O–H groups in total. The lowest BCUT2D eigenvalue weighted by molar-refractivity contribution is 0.622. The Morgan fingerprint density at radius 2 is 2.43 bits per heavy atom. The van der Waals surface area contributed by atoms with E-state index < -0.39 is 0 Å². The Labute approximate surface area is 87.8 Å². The van der Waals surface area contributed by atoms with Gasteiger partial charge in [-0.3, -0.25) is 9.36 Å². The molecule has 1 rings (SSSR count). The second kappa shape index (κ2) is 4.85. The van der Waals surface area contributed by atoms with Crippen molar-refractivity contribution in [3.05, 3.63) is 28.4 Å². The summed E-state index contributed by atoms with van der Waals surface area (Å²) >= 11 is 4.74. The fourth-order valence-electron chi connectivity index (χ4n) is 1.11. The molecule has 1 heterocycles. The van der Waals surface area contributed by atoms with E-state index in [1.807, 2.05) is 0 Å². The summed E-state index contributed by atoms with van der Waals surface area (Å²) < 4.78 is 1.56. The lowest BCUT2D eigenvalue weighted by atomic mass is 10.3. The van der Waals surface area contributed by atoms with Gasteiger partial charge in [-0.2, -0.15) is 0 Å². The van der Waals surface area contributed by atoms with Gasteiger partial charge in [0, 0.05) is 18.3 Å². The van der Waals surface area contributed by atoms with Crippen LogP contribution >= 0.6 is 12.2 Å². The van der Waals surface area contributed by atoms with Crippen LogP contribution in [0.5, 0.6) is 0 Å². The summed E-state index contributed by atoms with van der Waals surface area (Å²) in [4.78, 5) is 15.9. The molecule has 0 aromatic carbocycles. The number of nitrogens with zero attached hydrogens (tertiary/aromatic N) is 2. The van der Waals surface area contributed by atoms with Gasteiger partial charge < -0.3 is 5.73 Å². The maximum absolute atomic E-state index is 11.4. The smallest absolute Gasteiger partial charge is 0.253 e. The Hall–Kier alpha value is -1.23. The zero-order chi connectivity index (χ0) is 10.6. The van der Waals surface area contributed by atoms with Crippen LogP contribution in [0.2, 0.25) is 0 Å². The highest BCUT2D eigenvalue weighted by Crippen LogP contribution is 1.93. The molecule has 0 amide bonds. The van der Waals surface area contributed by atoms with Gasteiger partial charge in [-0.1, -0.05) is 12.2 Å². The number of aryl methyl sites for hydroxylation is 2. The van der Waals surface area contributed by atoms with E-state index >= 15 is 0 Å². The Kier molecular flexibility index (Phi) is 3.76. The Balaban J connectivity index is 2.59. The van der Waals surface area contributed by atoms with Gasteiger partial charge in [-0.05, 0) is 19.8 Å². The molecule has 4 nitrogen and oxygen atoms in total. The van der Waals surface area contributed by atoms with Crippen molar-refractivity contribution in [3.63, 3.8) is 0 Å². The van der Waals surface area contributed by atoms with Crippen LogP contribution in [-0.2, 0) is 6.54 Å². The standard InChI is InChI=1S/C9H13N3OS/c1-7-5-9(13)12(6-11-7)4-2-3-8(10)14/h5-6H,2-4H2,1H3,(H2,10,14). The molecule has 0 unspecified atom stereocenters. The second-order valence-electron chi connectivity index (χ2n) is 3.13. The van der Waals surface area contributed by atoms with Crippen LogP contribution in [0.25, 0.3) is 0 Å². The zero-order valence-corrected chi connectivity index (χ0v) is 8.88. The summed E-state index contributed by atoms with van der Waals surface area (Å²) in [5, 5.41) is 0. The predicted octanol–water partition coefficient (Wildman–Crippen LogP) is 0.618. The van der Waals surface area contributed by atoms with Gasteiger partial charge in [0.25, 0.3) is 5.56 Å². The van der Waals surface area contributed by atoms with E-state index in [1.165, 1.54) is 6.07 Å². The minimum Gasteiger partial charge on any atom is -0.393 e. The zero-order valence-electron chi connectivity index (χ0n) is 8.06. The first-order valence-corrected chi connectivity index (χ1v) is 4.82. The van der Waals surface area contributed by atoms with Crippen LogP contribution in [0, 0.1) is 6.92 Å². The number of aromatic nitrogens is 2. The van der Waals surface area contributed by atoms with Crippen molar-refractivity contribution in [2.24, 2.45) is 5.73 Å². The number of hydrogen-bond acceptors (Lipinski definition) is 3. The monoisotopic (exact) mass is 211 g/mol. The van der Waals surface area contributed by atoms with E-state index in [1.54, 1.807) is 17.8 Å². The largest absolute Gasteiger partial charge is 0.393 e. The van der Waals surface area contributed by atoms with Crippen molar-refractivity contribution < 1.29 is 0 Å². The lowest BCUT2D eigenvalue weighted by Crippen LogP contribution is -2.20. The Bertz CT molecular complexity index is 386. The summed E-state index contributed by atoms with van der Waals surface area (Å²) in [7, 11) is 0. The fraction of sp³-hybridized carbons (Fsp3) is 0.444. The van der Waals surface area contributed by atoms with Crippen LogP contribution < -0.4 is 11.3 Å². The highest BCUT2D eigenvalue weighted by atomic mass is 32.1. The maximum atomic E-state index is 11.4. The van der Waals surface area contributed by atoms with Crippen LogP contribution in [0.3, 0.4) is 0 Å². The molecule has 0 fully saturated rings. The predicted molar refractivity (Wildman–Crippen MR) is 59.3 cm³/mol. The van der Waals surface area contributed by atoms with Crippen molar-refractivity contribution >= 4 is 17.2 Å². The maximum Gasteiger partial charge on any atom is 0.253 e. The first-order valence-electron chi connectivity index (χ1n) is 4.41. The molecule has 0 bridgehead atoms. The third-order valence-electron chi connectivity index (χ3n) is 1.84. The molecular weight excluding hydrogens is 198 g/mol. The second-order valence-corrected chi connectivity index (χ2v) is 3.66. The van der Waals surface area contributed by atoms with Gasteiger partial charge >= 0.3 is 0 Å². The molecule has 0 aliphatic rings. The van der Waals surface area contributed by atoms with Crippen molar-refractivity contribution in [2.45, 2.75) is 26.3 Å². The van der Waals surface area contributed by atoms with Crippen LogP contribution in [0.15, 0.2) is 17.2 Å². The molecule has 0 aliphatic carbocycles. The summed E-state index contributed by atoms with van der Waals surface area (Å²) in [6.45, 7) is 2.41. The molecule has 0 saturated heterocycles. The average Bonchev–Trinajstić information content (AvgIpc) is 2.08. The molecule has 0 spiro atoms. The van der Waals surface area contributed by atoms with E-state index in [2.05, 4.69) is 4.98 Å². The molecule has 5 heteroatoms. The van der Waals surface area contributed by atoms with Gasteiger partial charge in [0.05, 0.1) is 11.3 Å². The van der Waals surface area contributed by atoms with E-state index in [0.29, 0.717) is 18.0 Å². The molecule has 0 aliphatic heterocycles. The highest BCUT2D eigenvalue weighted by molar-refractivity contribution is 7.80. The minimum absolute atomic E-state index is 0.0274. The van der Waals surface area contributed by atoms with Crippen LogP contribution in [-0.4, -0.2) is 14.5 Å². The minimum atomic E-state index is -0.0274. The summed E-state index contributed by atoms with van der Waals surface area (Å²) in [6.07, 6.45) is 2.99. The molecule has 76 valence electrons. The van der Waals surface area contributed by atoms with E-state index in [4.69, 9.17) is 18.0 Å². The number of nitrogens with two attached hydrogens (primary N) is 1. The quantitative estimate of drug-likeness (QED) is 0.742. The lowest BCUT2D eigenvalue weighted by Gasteiger charge is -2.03. The number of rotatable bonds is 4. The number of hydrogen-bond donors (Lipinski definition) is 1. The van der Waals surface area contributed by atoms with Gasteiger partial charge in [0.2, 0.25) is 0 Å². The highest BCUT2D eigenvalue weighted by Gasteiger charge is 1.97. The molecule has 1 aromatic heterocycles. The Morgan fingerprint density at radius 3 is 3.00 bits per heavy atom. The first-order chi connectivity index (χ1) is 6.59. The molecule has 14 heavy (non-hydrogen) atoms. The third kappa shape index (κ3) is 3.26. The molecule has 0 atom stereocenters. The van der Waals surface area contributed by atoms with Gasteiger partial charge in [-0.15, -0.1) is 0 Å². The van der Waals surface area contributed by atoms with Crippen LogP contribution in [0.1, 0.15) is 18.5 Å². The van der Waals surface area contributed by atoms with Crippen LogP contribution in [0.4, 0.5) is 0 Å². The van der Waals surface area contributed by atoms with Gasteiger partial charge in [-0.25, -0.2) is 4.98 Å². The van der Waals surface area contributed by atoms with Crippen molar-refractivity contribution in [1.82, 2.24) is 9.55 Å². The summed E-state index contributed by atoms with van der Waals surface area (Å²) in [5.74, 6) is 0. The topological polar surface area (TPSA) is 60.9 Å². The normalized spacial score (nSPS) is 10.1. The summed E-state index contributed by atoms with van der Waals surface area (Å²) in [5.41, 5.74) is 6.06. The fourth-order valence-corrected chi connectivity index (χ4v) is 1.25. The molecule has 1 aromatic rings. The van der Waals surface area contributed by atoms with E-state index in [9.17, 15) is 4.79 Å². The Morgan fingerprint density at radius 1 is 1.71 bits per heavy atom. The molecule has 0 saturated carbocycles. The third-order valence-corrected chi connectivity index (χ3v) is 2.04. The summed E-state index contributed by atoms with van der Waals surface area (Å²) in [6, 6.07) is 1.51.